The standard InChI is InChI=1S/C21H22FN5O2/c1-26-19(28)10-9-16(20(26)14-5-7-15(22)8-6-14)21(29)23-12-11-18-25-24-17-4-2-3-13-27(17)18/h2-8,13,16,20H,9-12H2,1H3,(H,23,29). The maximum atomic E-state index is 13.3. The number of nitrogens with zero attached hydrogens (tertiary/aromatic N) is 4. The number of pyridine rings is 1. The number of carbonyl (C=O) groups excluding carboxylic acids is 2. The minimum absolute atomic E-state index is 0.0155. The number of likely N-dealkylation sites (tertiary alicyclic amines) is 1. The van der Waals surface area contributed by atoms with E-state index in [-0.39, 0.29) is 17.6 Å². The minimum Gasteiger partial charge on any atom is -0.355 e. The molecule has 4 rings (SSSR count). The van der Waals surface area contributed by atoms with Crippen LogP contribution in [0.5, 0.6) is 0 Å². The fourth-order valence-corrected chi connectivity index (χ4v) is 3.92. The molecule has 2 atom stereocenters. The summed E-state index contributed by atoms with van der Waals surface area (Å²) in [5, 5.41) is 11.2. The van der Waals surface area contributed by atoms with Gasteiger partial charge in [0, 0.05) is 32.6 Å². The molecule has 150 valence electrons. The number of fused-ring (bicyclic) bond motifs is 1. The van der Waals surface area contributed by atoms with E-state index in [1.54, 1.807) is 24.1 Å². The summed E-state index contributed by atoms with van der Waals surface area (Å²) in [4.78, 5) is 26.7. The quantitative estimate of drug-likeness (QED) is 0.718. The molecule has 1 saturated heterocycles. The predicted molar refractivity (Wildman–Crippen MR) is 104 cm³/mol. The van der Waals surface area contributed by atoms with Crippen LogP contribution in [0, 0.1) is 11.7 Å². The van der Waals surface area contributed by atoms with Crippen molar-refractivity contribution < 1.29 is 14.0 Å². The molecule has 0 radical (unpaired) electrons. The van der Waals surface area contributed by atoms with Crippen LogP contribution in [-0.2, 0) is 16.0 Å². The third kappa shape index (κ3) is 3.83. The van der Waals surface area contributed by atoms with E-state index >= 15 is 0 Å². The number of halogens is 1. The molecular weight excluding hydrogens is 373 g/mol. The molecule has 3 heterocycles. The maximum Gasteiger partial charge on any atom is 0.225 e. The molecule has 8 heteroatoms. The van der Waals surface area contributed by atoms with E-state index in [4.69, 9.17) is 0 Å². The number of rotatable bonds is 5. The zero-order valence-corrected chi connectivity index (χ0v) is 16.1. The Kier molecular flexibility index (Phi) is 5.24. The first-order chi connectivity index (χ1) is 14.0. The maximum absolute atomic E-state index is 13.3. The zero-order chi connectivity index (χ0) is 20.4. The van der Waals surface area contributed by atoms with Crippen molar-refractivity contribution in [2.24, 2.45) is 5.92 Å². The molecule has 7 nitrogen and oxygen atoms in total. The van der Waals surface area contributed by atoms with Crippen LogP contribution in [0.2, 0.25) is 0 Å². The van der Waals surface area contributed by atoms with Gasteiger partial charge in [-0.2, -0.15) is 0 Å². The topological polar surface area (TPSA) is 79.6 Å². The number of aromatic nitrogens is 3. The summed E-state index contributed by atoms with van der Waals surface area (Å²) in [7, 11) is 1.69. The molecule has 0 bridgehead atoms. The average Bonchev–Trinajstić information content (AvgIpc) is 3.14. The van der Waals surface area contributed by atoms with E-state index in [0.717, 1.165) is 17.0 Å². The van der Waals surface area contributed by atoms with Crippen LogP contribution in [-0.4, -0.2) is 44.9 Å². The first-order valence-electron chi connectivity index (χ1n) is 9.62. The molecular formula is C21H22FN5O2. The summed E-state index contributed by atoms with van der Waals surface area (Å²) in [6.45, 7) is 0.415. The second kappa shape index (κ2) is 7.98. The first kappa shape index (κ1) is 19.0. The Morgan fingerprint density at radius 3 is 2.79 bits per heavy atom. The molecule has 1 aromatic carbocycles. The first-order valence-corrected chi connectivity index (χ1v) is 9.62. The van der Waals surface area contributed by atoms with Crippen LogP contribution in [0.25, 0.3) is 5.65 Å². The fourth-order valence-electron chi connectivity index (χ4n) is 3.92. The van der Waals surface area contributed by atoms with Crippen molar-refractivity contribution in [1.29, 1.82) is 0 Å². The van der Waals surface area contributed by atoms with Crippen molar-refractivity contribution in [3.8, 4) is 0 Å². The van der Waals surface area contributed by atoms with Gasteiger partial charge in [0.25, 0.3) is 0 Å². The third-order valence-corrected chi connectivity index (χ3v) is 5.44. The summed E-state index contributed by atoms with van der Waals surface area (Å²) in [5.41, 5.74) is 1.52. The lowest BCUT2D eigenvalue weighted by Crippen LogP contribution is -2.46. The highest BCUT2D eigenvalue weighted by Crippen LogP contribution is 2.35. The van der Waals surface area contributed by atoms with E-state index in [1.807, 2.05) is 28.8 Å². The van der Waals surface area contributed by atoms with Crippen molar-refractivity contribution in [2.45, 2.75) is 25.3 Å². The molecule has 0 spiro atoms. The van der Waals surface area contributed by atoms with Crippen molar-refractivity contribution in [1.82, 2.24) is 24.8 Å². The van der Waals surface area contributed by atoms with Gasteiger partial charge < -0.3 is 10.2 Å². The molecule has 0 aliphatic carbocycles. The van der Waals surface area contributed by atoms with E-state index in [0.29, 0.717) is 25.8 Å². The Morgan fingerprint density at radius 1 is 1.21 bits per heavy atom. The van der Waals surface area contributed by atoms with Crippen molar-refractivity contribution in [3.05, 3.63) is 65.9 Å². The second-order valence-electron chi connectivity index (χ2n) is 7.23. The highest BCUT2D eigenvalue weighted by atomic mass is 19.1. The number of benzene rings is 1. The Bertz CT molecular complexity index is 1030. The van der Waals surface area contributed by atoms with Gasteiger partial charge in [0.2, 0.25) is 11.8 Å². The van der Waals surface area contributed by atoms with Gasteiger partial charge in [0.15, 0.2) is 5.65 Å². The van der Waals surface area contributed by atoms with Gasteiger partial charge in [0.05, 0.1) is 12.0 Å². The fraction of sp³-hybridized carbons (Fsp3) is 0.333. The minimum atomic E-state index is -0.411. The normalized spacial score (nSPS) is 19.5. The monoisotopic (exact) mass is 395 g/mol. The van der Waals surface area contributed by atoms with Gasteiger partial charge in [-0.05, 0) is 36.2 Å². The van der Waals surface area contributed by atoms with Gasteiger partial charge in [-0.15, -0.1) is 10.2 Å². The Labute approximate surface area is 167 Å². The number of hydrogen-bond acceptors (Lipinski definition) is 4. The molecule has 0 saturated carbocycles. The molecule has 3 aromatic rings. The number of amides is 2. The lowest BCUT2D eigenvalue weighted by Gasteiger charge is -2.38. The number of nitrogens with one attached hydrogen (secondary N) is 1. The molecule has 2 amide bonds. The zero-order valence-electron chi connectivity index (χ0n) is 16.1. The molecule has 1 aliphatic rings. The third-order valence-electron chi connectivity index (χ3n) is 5.44. The Morgan fingerprint density at radius 2 is 2.00 bits per heavy atom. The summed E-state index contributed by atoms with van der Waals surface area (Å²) < 4.78 is 15.2. The van der Waals surface area contributed by atoms with Crippen LogP contribution in [0.4, 0.5) is 4.39 Å². The smallest absolute Gasteiger partial charge is 0.225 e. The summed E-state index contributed by atoms with van der Waals surface area (Å²) in [6.07, 6.45) is 3.21. The summed E-state index contributed by atoms with van der Waals surface area (Å²) in [6, 6.07) is 11.2. The Hall–Kier alpha value is -3.29. The summed E-state index contributed by atoms with van der Waals surface area (Å²) >= 11 is 0. The molecule has 1 fully saturated rings. The lowest BCUT2D eigenvalue weighted by atomic mass is 9.84. The molecule has 1 N–H and O–H groups in total. The van der Waals surface area contributed by atoms with E-state index in [9.17, 15) is 14.0 Å². The van der Waals surface area contributed by atoms with E-state index in [2.05, 4.69) is 15.5 Å². The van der Waals surface area contributed by atoms with Gasteiger partial charge in [-0.3, -0.25) is 14.0 Å². The highest BCUT2D eigenvalue weighted by Gasteiger charge is 2.38. The molecule has 2 unspecified atom stereocenters. The molecule has 2 aromatic heterocycles. The molecule has 29 heavy (non-hydrogen) atoms. The van der Waals surface area contributed by atoms with Crippen LogP contribution in [0.1, 0.15) is 30.3 Å². The van der Waals surface area contributed by atoms with Crippen molar-refractivity contribution >= 4 is 17.5 Å². The van der Waals surface area contributed by atoms with Crippen LogP contribution in [0.15, 0.2) is 48.7 Å². The van der Waals surface area contributed by atoms with Crippen LogP contribution < -0.4 is 5.32 Å². The average molecular weight is 395 g/mol. The van der Waals surface area contributed by atoms with Gasteiger partial charge in [0.1, 0.15) is 11.6 Å². The van der Waals surface area contributed by atoms with Gasteiger partial charge in [-0.25, -0.2) is 4.39 Å². The number of piperidine rings is 1. The largest absolute Gasteiger partial charge is 0.355 e. The highest BCUT2D eigenvalue weighted by molar-refractivity contribution is 5.84. The number of carbonyl (C=O) groups is 2. The van der Waals surface area contributed by atoms with Gasteiger partial charge in [-0.1, -0.05) is 18.2 Å². The van der Waals surface area contributed by atoms with Crippen molar-refractivity contribution in [3.63, 3.8) is 0 Å². The van der Waals surface area contributed by atoms with E-state index in [1.165, 1.54) is 12.1 Å². The van der Waals surface area contributed by atoms with Gasteiger partial charge >= 0.3 is 0 Å². The van der Waals surface area contributed by atoms with Crippen LogP contribution in [0.3, 0.4) is 0 Å². The predicted octanol–water partition coefficient (Wildman–Crippen LogP) is 2.14. The van der Waals surface area contributed by atoms with Crippen LogP contribution >= 0.6 is 0 Å². The number of hydrogen-bond donors (Lipinski definition) is 1. The second-order valence-corrected chi connectivity index (χ2v) is 7.23. The SMILES string of the molecule is CN1C(=O)CCC(C(=O)NCCc2nnc3ccccn23)C1c1ccc(F)cc1. The van der Waals surface area contributed by atoms with Crippen molar-refractivity contribution in [2.75, 3.05) is 13.6 Å². The summed E-state index contributed by atoms with van der Waals surface area (Å²) in [5.74, 6) is -0.101. The van der Waals surface area contributed by atoms with E-state index < -0.39 is 12.0 Å². The lowest BCUT2D eigenvalue weighted by molar-refractivity contribution is -0.141. The Balaban J connectivity index is 1.45. The molecule has 1 aliphatic heterocycles.